The molecule has 3 rings (SSSR count). The van der Waals surface area contributed by atoms with Gasteiger partial charge in [0, 0.05) is 26.1 Å². The summed E-state index contributed by atoms with van der Waals surface area (Å²) in [6.45, 7) is 0.297. The van der Waals surface area contributed by atoms with Crippen molar-refractivity contribution in [1.82, 2.24) is 19.2 Å². The molecule has 1 unspecified atom stereocenters. The van der Waals surface area contributed by atoms with Gasteiger partial charge in [0.15, 0.2) is 0 Å². The Morgan fingerprint density at radius 3 is 2.68 bits per heavy atom. The number of carbonyl (C=O) groups is 1. The van der Waals surface area contributed by atoms with E-state index in [2.05, 4.69) is 10.3 Å². The van der Waals surface area contributed by atoms with Gasteiger partial charge in [-0.2, -0.15) is 4.31 Å². The van der Waals surface area contributed by atoms with Crippen molar-refractivity contribution < 1.29 is 13.2 Å². The highest BCUT2D eigenvalue weighted by Gasteiger charge is 2.41. The molecule has 1 atom stereocenters. The summed E-state index contributed by atoms with van der Waals surface area (Å²) in [4.78, 5) is 17.1. The van der Waals surface area contributed by atoms with Crippen molar-refractivity contribution in [2.75, 3.05) is 12.8 Å². The summed E-state index contributed by atoms with van der Waals surface area (Å²) in [5.74, 6) is -0.234. The molecular formula is C14H22N4O3S. The van der Waals surface area contributed by atoms with Crippen LogP contribution in [0.1, 0.15) is 43.1 Å². The van der Waals surface area contributed by atoms with Crippen molar-refractivity contribution in [2.24, 2.45) is 7.05 Å². The van der Waals surface area contributed by atoms with E-state index in [1.165, 1.54) is 4.31 Å². The number of imidazole rings is 1. The second-order valence-electron chi connectivity index (χ2n) is 6.20. The maximum Gasteiger partial charge on any atom is 0.244 e. The minimum atomic E-state index is -3.46. The summed E-state index contributed by atoms with van der Waals surface area (Å²) in [6, 6.07) is -0.653. The molecule has 8 heteroatoms. The average molecular weight is 326 g/mol. The van der Waals surface area contributed by atoms with Crippen LogP contribution in [0.15, 0.2) is 6.33 Å². The molecular weight excluding hydrogens is 304 g/mol. The number of hydrogen-bond acceptors (Lipinski definition) is 4. The van der Waals surface area contributed by atoms with Crippen molar-refractivity contribution >= 4 is 15.9 Å². The lowest BCUT2D eigenvalue weighted by Gasteiger charge is -2.33. The van der Waals surface area contributed by atoms with Crippen molar-refractivity contribution in [1.29, 1.82) is 0 Å². The van der Waals surface area contributed by atoms with E-state index in [1.807, 2.05) is 0 Å². The molecule has 1 saturated carbocycles. The van der Waals surface area contributed by atoms with Crippen LogP contribution in [0.4, 0.5) is 0 Å². The van der Waals surface area contributed by atoms with Gasteiger partial charge in [-0.25, -0.2) is 13.4 Å². The fourth-order valence-electron chi connectivity index (χ4n) is 3.48. The number of sulfonamides is 1. The Hall–Kier alpha value is -1.41. The van der Waals surface area contributed by atoms with Gasteiger partial charge >= 0.3 is 0 Å². The number of carbonyl (C=O) groups excluding carboxylic acids is 1. The highest BCUT2D eigenvalue weighted by atomic mass is 32.2. The number of fused-ring (bicyclic) bond motifs is 1. The zero-order valence-electron chi connectivity index (χ0n) is 12.9. The van der Waals surface area contributed by atoms with Gasteiger partial charge in [0.1, 0.15) is 6.04 Å². The van der Waals surface area contributed by atoms with Crippen LogP contribution in [0.2, 0.25) is 0 Å². The number of rotatable bonds is 3. The zero-order valence-corrected chi connectivity index (χ0v) is 13.8. The maximum atomic E-state index is 12.8. The number of nitrogens with zero attached hydrogens (tertiary/aromatic N) is 3. The van der Waals surface area contributed by atoms with Gasteiger partial charge in [-0.3, -0.25) is 4.79 Å². The van der Waals surface area contributed by atoms with Gasteiger partial charge in [0.05, 0.1) is 24.0 Å². The number of amides is 1. The minimum Gasteiger partial charge on any atom is -0.352 e. The SMILES string of the molecule is Cn1cnc2c1C(C(=O)NC1CCCC1)N(S(C)(=O)=O)CC2. The molecule has 0 spiro atoms. The van der Waals surface area contributed by atoms with Crippen molar-refractivity contribution in [3.63, 3.8) is 0 Å². The lowest BCUT2D eigenvalue weighted by Crippen LogP contribution is -2.49. The Morgan fingerprint density at radius 2 is 2.05 bits per heavy atom. The summed E-state index contributed by atoms with van der Waals surface area (Å²) >= 11 is 0. The largest absolute Gasteiger partial charge is 0.352 e. The number of aryl methyl sites for hydroxylation is 1. The summed E-state index contributed by atoms with van der Waals surface area (Å²) in [7, 11) is -1.66. The van der Waals surface area contributed by atoms with Crippen LogP contribution in [0.25, 0.3) is 0 Å². The van der Waals surface area contributed by atoms with Gasteiger partial charge in [0.2, 0.25) is 15.9 Å². The molecule has 122 valence electrons. The maximum absolute atomic E-state index is 12.8. The van der Waals surface area contributed by atoms with E-state index in [-0.39, 0.29) is 11.9 Å². The van der Waals surface area contributed by atoms with Crippen molar-refractivity contribution in [3.8, 4) is 0 Å². The van der Waals surface area contributed by atoms with Gasteiger partial charge in [0.25, 0.3) is 0 Å². The Kier molecular flexibility index (Phi) is 3.98. The molecule has 0 aromatic carbocycles. The molecule has 1 aliphatic carbocycles. The molecule has 2 aliphatic rings. The predicted octanol–water partition coefficient (Wildman–Crippen LogP) is 0.338. The first-order chi connectivity index (χ1) is 10.4. The van der Waals surface area contributed by atoms with E-state index in [9.17, 15) is 13.2 Å². The Labute approximate surface area is 130 Å². The van der Waals surface area contributed by atoms with Crippen LogP contribution >= 0.6 is 0 Å². The third-order valence-electron chi connectivity index (χ3n) is 4.55. The lowest BCUT2D eigenvalue weighted by molar-refractivity contribution is -0.126. The zero-order chi connectivity index (χ0) is 15.9. The third-order valence-corrected chi connectivity index (χ3v) is 5.80. The molecule has 0 radical (unpaired) electrons. The van der Waals surface area contributed by atoms with Crippen LogP contribution in [0, 0.1) is 0 Å². The van der Waals surface area contributed by atoms with Gasteiger partial charge < -0.3 is 9.88 Å². The molecule has 2 heterocycles. The molecule has 1 amide bonds. The molecule has 1 aromatic heterocycles. The van der Waals surface area contributed by atoms with Gasteiger partial charge in [-0.15, -0.1) is 0 Å². The normalized spacial score (nSPS) is 23.5. The minimum absolute atomic E-state index is 0.160. The standard InChI is InChI=1S/C14H22N4O3S/c1-17-9-15-11-7-8-18(22(2,20)21)13(12(11)17)14(19)16-10-5-3-4-6-10/h9-10,13H,3-8H2,1-2H3,(H,16,19). The van der Waals surface area contributed by atoms with Crippen LogP contribution < -0.4 is 5.32 Å². The molecule has 7 nitrogen and oxygen atoms in total. The molecule has 0 bridgehead atoms. The molecule has 22 heavy (non-hydrogen) atoms. The predicted molar refractivity (Wildman–Crippen MR) is 81.6 cm³/mol. The van der Waals surface area contributed by atoms with Crippen molar-refractivity contribution in [2.45, 2.75) is 44.2 Å². The molecule has 1 aliphatic heterocycles. The summed E-state index contributed by atoms with van der Waals surface area (Å²) in [5.41, 5.74) is 1.50. The first-order valence-electron chi connectivity index (χ1n) is 7.65. The van der Waals surface area contributed by atoms with E-state index in [0.29, 0.717) is 18.7 Å². The molecule has 0 saturated heterocycles. The number of hydrogen-bond donors (Lipinski definition) is 1. The fraction of sp³-hybridized carbons (Fsp3) is 0.714. The molecule has 1 aromatic rings. The lowest BCUT2D eigenvalue weighted by atomic mass is 10.0. The summed E-state index contributed by atoms with van der Waals surface area (Å²) in [5, 5.41) is 3.02. The summed E-state index contributed by atoms with van der Waals surface area (Å²) < 4.78 is 27.2. The number of aromatic nitrogens is 2. The quantitative estimate of drug-likeness (QED) is 0.868. The van der Waals surface area contributed by atoms with Crippen LogP contribution in [-0.2, 0) is 28.3 Å². The van der Waals surface area contributed by atoms with Gasteiger partial charge in [-0.1, -0.05) is 12.8 Å². The van der Waals surface area contributed by atoms with Crippen molar-refractivity contribution in [3.05, 3.63) is 17.7 Å². The highest BCUT2D eigenvalue weighted by molar-refractivity contribution is 7.88. The van der Waals surface area contributed by atoms with Crippen LogP contribution in [0.5, 0.6) is 0 Å². The second kappa shape index (κ2) is 5.66. The Balaban J connectivity index is 1.94. The molecule has 1 N–H and O–H groups in total. The van der Waals surface area contributed by atoms with Crippen LogP contribution in [0.3, 0.4) is 0 Å². The monoisotopic (exact) mass is 326 g/mol. The second-order valence-corrected chi connectivity index (χ2v) is 8.14. The first kappa shape index (κ1) is 15.5. The highest BCUT2D eigenvalue weighted by Crippen LogP contribution is 2.31. The topological polar surface area (TPSA) is 84.3 Å². The van der Waals surface area contributed by atoms with Gasteiger partial charge in [-0.05, 0) is 12.8 Å². The Bertz CT molecular complexity index is 676. The van der Waals surface area contributed by atoms with E-state index in [4.69, 9.17) is 0 Å². The fourth-order valence-corrected chi connectivity index (χ4v) is 4.48. The molecule has 1 fully saturated rings. The average Bonchev–Trinajstić information content (AvgIpc) is 3.07. The van der Waals surface area contributed by atoms with E-state index < -0.39 is 16.1 Å². The Morgan fingerprint density at radius 1 is 1.36 bits per heavy atom. The van der Waals surface area contributed by atoms with Crippen LogP contribution in [-0.4, -0.2) is 47.0 Å². The third kappa shape index (κ3) is 2.77. The van der Waals surface area contributed by atoms with E-state index in [0.717, 1.165) is 37.6 Å². The smallest absolute Gasteiger partial charge is 0.244 e. The van der Waals surface area contributed by atoms with E-state index in [1.54, 1.807) is 17.9 Å². The number of nitrogens with one attached hydrogen (secondary N) is 1. The first-order valence-corrected chi connectivity index (χ1v) is 9.50. The summed E-state index contributed by atoms with van der Waals surface area (Å²) in [6.07, 6.45) is 7.50. The van der Waals surface area contributed by atoms with E-state index >= 15 is 0 Å².